The van der Waals surface area contributed by atoms with Gasteiger partial charge in [0.05, 0.1) is 12.0 Å². The molecule has 112 valence electrons. The summed E-state index contributed by atoms with van der Waals surface area (Å²) in [6.45, 7) is 3.32. The third kappa shape index (κ3) is 2.44. The van der Waals surface area contributed by atoms with Crippen molar-refractivity contribution in [1.82, 2.24) is 10.2 Å². The van der Waals surface area contributed by atoms with E-state index >= 15 is 0 Å². The Kier molecular flexibility index (Phi) is 3.50. The standard InChI is InChI=1S/C14H17N3O4/c1-21-13-3-2-9(4-12(13)17(19)20)14(18)16-7-10-5-15-6-11(10)8-16/h2-4,10-11,15H,5-8H2,1H3. The van der Waals surface area contributed by atoms with E-state index in [0.717, 1.165) is 26.2 Å². The number of methoxy groups -OCH3 is 1. The molecule has 3 rings (SSSR count). The van der Waals surface area contributed by atoms with E-state index in [9.17, 15) is 14.9 Å². The van der Waals surface area contributed by atoms with Crippen LogP contribution in [-0.4, -0.2) is 49.0 Å². The number of hydrogen-bond donors (Lipinski definition) is 1. The second-order valence-corrected chi connectivity index (χ2v) is 5.53. The Morgan fingerprint density at radius 1 is 1.38 bits per heavy atom. The molecule has 7 nitrogen and oxygen atoms in total. The maximum Gasteiger partial charge on any atom is 0.311 e. The minimum absolute atomic E-state index is 0.143. The monoisotopic (exact) mass is 291 g/mol. The van der Waals surface area contributed by atoms with Gasteiger partial charge in [-0.25, -0.2) is 0 Å². The molecule has 2 heterocycles. The lowest BCUT2D eigenvalue weighted by molar-refractivity contribution is -0.385. The predicted octanol–water partition coefficient (Wildman–Crippen LogP) is 0.895. The molecule has 0 aromatic heterocycles. The predicted molar refractivity (Wildman–Crippen MR) is 75.4 cm³/mol. The summed E-state index contributed by atoms with van der Waals surface area (Å²) in [6.07, 6.45) is 0. The summed E-state index contributed by atoms with van der Waals surface area (Å²) in [6, 6.07) is 4.36. The lowest BCUT2D eigenvalue weighted by Gasteiger charge is -2.17. The zero-order valence-corrected chi connectivity index (χ0v) is 11.7. The topological polar surface area (TPSA) is 84.7 Å². The number of nitrogens with one attached hydrogen (secondary N) is 1. The van der Waals surface area contributed by atoms with Crippen LogP contribution in [0.3, 0.4) is 0 Å². The molecule has 0 radical (unpaired) electrons. The molecule has 0 saturated carbocycles. The van der Waals surface area contributed by atoms with Crippen LogP contribution >= 0.6 is 0 Å². The van der Waals surface area contributed by atoms with Crippen LogP contribution in [0, 0.1) is 22.0 Å². The SMILES string of the molecule is COc1ccc(C(=O)N2CC3CNCC3C2)cc1[N+](=O)[O-]. The second-order valence-electron chi connectivity index (χ2n) is 5.53. The maximum absolute atomic E-state index is 12.5. The number of benzene rings is 1. The number of ether oxygens (including phenoxy) is 1. The fourth-order valence-electron chi connectivity index (χ4n) is 3.17. The van der Waals surface area contributed by atoms with Crippen molar-refractivity contribution < 1.29 is 14.5 Å². The van der Waals surface area contributed by atoms with E-state index in [1.807, 2.05) is 0 Å². The Balaban J connectivity index is 1.82. The molecular weight excluding hydrogens is 274 g/mol. The van der Waals surface area contributed by atoms with Crippen LogP contribution in [0.4, 0.5) is 5.69 Å². The average molecular weight is 291 g/mol. The summed E-state index contributed by atoms with van der Waals surface area (Å²) in [4.78, 5) is 24.8. The first kappa shape index (κ1) is 13.8. The Bertz CT molecular complexity index is 578. The van der Waals surface area contributed by atoms with Gasteiger partial charge in [0.15, 0.2) is 5.75 Å². The molecule has 2 unspecified atom stereocenters. The molecule has 1 aromatic rings. The van der Waals surface area contributed by atoms with Crippen molar-refractivity contribution in [3.05, 3.63) is 33.9 Å². The molecule has 2 aliphatic heterocycles. The summed E-state index contributed by atoms with van der Waals surface area (Å²) in [5, 5.41) is 14.3. The molecular formula is C14H17N3O4. The highest BCUT2D eigenvalue weighted by Gasteiger charge is 2.38. The summed E-state index contributed by atoms with van der Waals surface area (Å²) in [7, 11) is 1.37. The fraction of sp³-hybridized carbons (Fsp3) is 0.500. The molecule has 7 heteroatoms. The maximum atomic E-state index is 12.5. The Labute approximate surface area is 122 Å². The first-order valence-corrected chi connectivity index (χ1v) is 6.92. The number of carbonyl (C=O) groups is 1. The van der Waals surface area contributed by atoms with Crippen molar-refractivity contribution in [1.29, 1.82) is 0 Å². The van der Waals surface area contributed by atoms with E-state index in [2.05, 4.69) is 5.32 Å². The van der Waals surface area contributed by atoms with Crippen molar-refractivity contribution in [2.45, 2.75) is 0 Å². The Morgan fingerprint density at radius 2 is 2.05 bits per heavy atom. The molecule has 2 aliphatic rings. The number of hydrogen-bond acceptors (Lipinski definition) is 5. The highest BCUT2D eigenvalue weighted by Crippen LogP contribution is 2.31. The van der Waals surface area contributed by atoms with E-state index in [4.69, 9.17) is 4.74 Å². The second kappa shape index (κ2) is 5.33. The van der Waals surface area contributed by atoms with Gasteiger partial charge in [-0.1, -0.05) is 0 Å². The van der Waals surface area contributed by atoms with E-state index in [1.54, 1.807) is 11.0 Å². The minimum atomic E-state index is -0.530. The molecule has 0 bridgehead atoms. The fourth-order valence-corrected chi connectivity index (χ4v) is 3.17. The third-order valence-corrected chi connectivity index (χ3v) is 4.30. The molecule has 1 aromatic carbocycles. The number of carbonyl (C=O) groups excluding carboxylic acids is 1. The number of likely N-dealkylation sites (tertiary alicyclic amines) is 1. The molecule has 1 amide bonds. The van der Waals surface area contributed by atoms with Crippen LogP contribution in [0.5, 0.6) is 5.75 Å². The van der Waals surface area contributed by atoms with E-state index in [1.165, 1.54) is 19.2 Å². The Morgan fingerprint density at radius 3 is 2.62 bits per heavy atom. The minimum Gasteiger partial charge on any atom is -0.490 e. The molecule has 2 atom stereocenters. The van der Waals surface area contributed by atoms with Crippen molar-refractivity contribution in [2.75, 3.05) is 33.3 Å². The normalized spacial score (nSPS) is 24.0. The van der Waals surface area contributed by atoms with E-state index < -0.39 is 4.92 Å². The van der Waals surface area contributed by atoms with Crippen LogP contribution in [0.2, 0.25) is 0 Å². The van der Waals surface area contributed by atoms with Gasteiger partial charge in [-0.15, -0.1) is 0 Å². The molecule has 2 saturated heterocycles. The van der Waals surface area contributed by atoms with Crippen molar-refractivity contribution >= 4 is 11.6 Å². The molecule has 0 aliphatic carbocycles. The van der Waals surface area contributed by atoms with Crippen molar-refractivity contribution in [3.8, 4) is 5.75 Å². The van der Waals surface area contributed by atoms with Crippen LogP contribution < -0.4 is 10.1 Å². The first-order chi connectivity index (χ1) is 10.1. The van der Waals surface area contributed by atoms with E-state index in [0.29, 0.717) is 17.4 Å². The number of amides is 1. The molecule has 2 fully saturated rings. The number of nitro groups is 1. The van der Waals surface area contributed by atoms with Gasteiger partial charge in [0, 0.05) is 37.8 Å². The summed E-state index contributed by atoms with van der Waals surface area (Å²) in [5.41, 5.74) is 0.167. The van der Waals surface area contributed by atoms with Gasteiger partial charge in [-0.3, -0.25) is 14.9 Å². The van der Waals surface area contributed by atoms with Gasteiger partial charge in [0.25, 0.3) is 5.91 Å². The summed E-state index contributed by atoms with van der Waals surface area (Å²) in [5.74, 6) is 1.03. The van der Waals surface area contributed by atoms with Gasteiger partial charge < -0.3 is 15.0 Å². The van der Waals surface area contributed by atoms with Gasteiger partial charge in [-0.2, -0.15) is 0 Å². The van der Waals surface area contributed by atoms with Crippen molar-refractivity contribution in [2.24, 2.45) is 11.8 Å². The van der Waals surface area contributed by atoms with Gasteiger partial charge in [0.1, 0.15) is 0 Å². The van der Waals surface area contributed by atoms with Crippen LogP contribution in [0.1, 0.15) is 10.4 Å². The number of nitrogens with zero attached hydrogens (tertiary/aromatic N) is 2. The summed E-state index contributed by atoms with van der Waals surface area (Å²) >= 11 is 0. The summed E-state index contributed by atoms with van der Waals surface area (Å²) < 4.78 is 4.95. The van der Waals surface area contributed by atoms with Gasteiger partial charge >= 0.3 is 5.69 Å². The first-order valence-electron chi connectivity index (χ1n) is 6.92. The van der Waals surface area contributed by atoms with Crippen molar-refractivity contribution in [3.63, 3.8) is 0 Å². The zero-order valence-electron chi connectivity index (χ0n) is 11.7. The number of nitro benzene ring substituents is 1. The highest BCUT2D eigenvalue weighted by molar-refractivity contribution is 5.95. The lowest BCUT2D eigenvalue weighted by atomic mass is 10.0. The number of fused-ring (bicyclic) bond motifs is 1. The van der Waals surface area contributed by atoms with Crippen LogP contribution in [-0.2, 0) is 0 Å². The molecule has 0 spiro atoms. The van der Waals surface area contributed by atoms with E-state index in [-0.39, 0.29) is 17.3 Å². The largest absolute Gasteiger partial charge is 0.490 e. The third-order valence-electron chi connectivity index (χ3n) is 4.30. The van der Waals surface area contributed by atoms with Crippen LogP contribution in [0.25, 0.3) is 0 Å². The lowest BCUT2D eigenvalue weighted by Crippen LogP contribution is -2.31. The molecule has 1 N–H and O–H groups in total. The average Bonchev–Trinajstić information content (AvgIpc) is 3.06. The quantitative estimate of drug-likeness (QED) is 0.660. The van der Waals surface area contributed by atoms with Gasteiger partial charge in [0.2, 0.25) is 0 Å². The van der Waals surface area contributed by atoms with Gasteiger partial charge in [-0.05, 0) is 24.0 Å². The number of rotatable bonds is 3. The zero-order chi connectivity index (χ0) is 15.0. The molecule has 21 heavy (non-hydrogen) atoms. The highest BCUT2D eigenvalue weighted by atomic mass is 16.6. The Hall–Kier alpha value is -2.15. The smallest absolute Gasteiger partial charge is 0.311 e. The van der Waals surface area contributed by atoms with Crippen LogP contribution in [0.15, 0.2) is 18.2 Å².